The number of carbonyl (C=O) groups excluding carboxylic acids is 1. The average molecular weight is 341 g/mol. The van der Waals surface area contributed by atoms with Gasteiger partial charge in [-0.1, -0.05) is 31.2 Å². The molecule has 0 radical (unpaired) electrons. The van der Waals surface area contributed by atoms with Crippen LogP contribution in [0.25, 0.3) is 0 Å². The van der Waals surface area contributed by atoms with Gasteiger partial charge in [-0.15, -0.1) is 11.8 Å². The molecule has 0 saturated carbocycles. The zero-order valence-corrected chi connectivity index (χ0v) is 15.2. The van der Waals surface area contributed by atoms with E-state index in [2.05, 4.69) is 60.1 Å². The Kier molecular flexibility index (Phi) is 3.71. The van der Waals surface area contributed by atoms with Crippen molar-refractivity contribution in [2.75, 3.05) is 12.8 Å². The van der Waals surface area contributed by atoms with Gasteiger partial charge in [-0.25, -0.2) is 4.98 Å². The van der Waals surface area contributed by atoms with E-state index in [-0.39, 0.29) is 17.4 Å². The van der Waals surface area contributed by atoms with Gasteiger partial charge in [-0.3, -0.25) is 4.79 Å². The highest BCUT2D eigenvalue weighted by atomic mass is 32.2. The van der Waals surface area contributed by atoms with Gasteiger partial charge in [-0.05, 0) is 13.3 Å². The molecule has 3 aliphatic rings. The van der Waals surface area contributed by atoms with Crippen LogP contribution in [0.15, 0.2) is 41.2 Å². The number of hydrogen-bond acceptors (Lipinski definition) is 4. The largest absolute Gasteiger partial charge is 0.361 e. The first-order valence-electron chi connectivity index (χ1n) is 8.58. The lowest BCUT2D eigenvalue weighted by Crippen LogP contribution is -2.38. The summed E-state index contributed by atoms with van der Waals surface area (Å²) in [5.74, 6) is 1.19. The predicted octanol–water partition coefficient (Wildman–Crippen LogP) is 3.10. The minimum absolute atomic E-state index is 0.0304. The maximum atomic E-state index is 13.3. The summed E-state index contributed by atoms with van der Waals surface area (Å²) >= 11 is 1.84. The summed E-state index contributed by atoms with van der Waals surface area (Å²) in [4.78, 5) is 23.2. The number of nitrogens with one attached hydrogen (secondary N) is 1. The Morgan fingerprint density at radius 1 is 1.46 bits per heavy atom. The maximum absolute atomic E-state index is 13.3. The van der Waals surface area contributed by atoms with Crippen LogP contribution >= 0.6 is 11.8 Å². The van der Waals surface area contributed by atoms with Gasteiger partial charge >= 0.3 is 0 Å². The number of carbonyl (C=O) groups is 1. The number of likely N-dealkylation sites (N-methyl/N-ethyl adjacent to an activating group) is 1. The zero-order valence-electron chi connectivity index (χ0n) is 14.4. The summed E-state index contributed by atoms with van der Waals surface area (Å²) < 4.78 is 0. The van der Waals surface area contributed by atoms with Crippen LogP contribution in [0.2, 0.25) is 0 Å². The molecule has 3 heterocycles. The van der Waals surface area contributed by atoms with Crippen molar-refractivity contribution in [3.63, 3.8) is 0 Å². The number of fused-ring (bicyclic) bond motifs is 2. The first-order chi connectivity index (χ1) is 11.6. The van der Waals surface area contributed by atoms with Crippen LogP contribution in [0.4, 0.5) is 0 Å². The minimum atomic E-state index is -0.205. The second-order valence-electron chi connectivity index (χ2n) is 7.02. The van der Waals surface area contributed by atoms with Gasteiger partial charge in [0, 0.05) is 41.8 Å². The van der Waals surface area contributed by atoms with Crippen molar-refractivity contribution in [2.24, 2.45) is 11.3 Å². The van der Waals surface area contributed by atoms with E-state index in [0.717, 1.165) is 35.6 Å². The van der Waals surface area contributed by atoms with Gasteiger partial charge < -0.3 is 9.88 Å². The van der Waals surface area contributed by atoms with Crippen molar-refractivity contribution in [1.29, 1.82) is 0 Å². The maximum Gasteiger partial charge on any atom is 0.166 e. The van der Waals surface area contributed by atoms with Gasteiger partial charge in [0.15, 0.2) is 5.78 Å². The van der Waals surface area contributed by atoms with E-state index in [1.54, 1.807) is 6.33 Å². The first-order valence-corrected chi connectivity index (χ1v) is 9.56. The number of aromatic amines is 1. The molecule has 0 amide bonds. The summed E-state index contributed by atoms with van der Waals surface area (Å²) in [6.45, 7) is 4.31. The Hall–Kier alpha value is -1.75. The highest BCUT2D eigenvalue weighted by molar-refractivity contribution is 8.03. The van der Waals surface area contributed by atoms with Crippen LogP contribution in [0.3, 0.4) is 0 Å². The second-order valence-corrected chi connectivity index (χ2v) is 8.03. The molecule has 0 spiro atoms. The molecule has 1 aromatic heterocycles. The quantitative estimate of drug-likeness (QED) is 0.918. The van der Waals surface area contributed by atoms with E-state index in [4.69, 9.17) is 0 Å². The molecule has 3 atom stereocenters. The number of thioether (sulfide) groups is 1. The van der Waals surface area contributed by atoms with Crippen LogP contribution in [0.1, 0.15) is 25.2 Å². The molecule has 2 aliphatic heterocycles. The molecular formula is C19H23N3OS. The van der Waals surface area contributed by atoms with E-state index in [9.17, 15) is 4.79 Å². The van der Waals surface area contributed by atoms with Crippen molar-refractivity contribution in [3.05, 3.63) is 52.6 Å². The Labute approximate surface area is 147 Å². The van der Waals surface area contributed by atoms with Crippen molar-refractivity contribution in [3.8, 4) is 0 Å². The fraction of sp³-hybridized carbons (Fsp3) is 0.474. The number of nitrogens with zero attached hydrogens (tertiary/aromatic N) is 2. The van der Waals surface area contributed by atoms with Gasteiger partial charge in [0.05, 0.1) is 23.1 Å². The summed E-state index contributed by atoms with van der Waals surface area (Å²) in [6, 6.07) is 0.251. The van der Waals surface area contributed by atoms with E-state index < -0.39 is 0 Å². The second kappa shape index (κ2) is 5.66. The van der Waals surface area contributed by atoms with E-state index in [1.807, 2.05) is 11.8 Å². The fourth-order valence-corrected chi connectivity index (χ4v) is 5.66. The number of allylic oxidation sites excluding steroid dienone is 2. The predicted molar refractivity (Wildman–Crippen MR) is 97.6 cm³/mol. The fourth-order valence-electron chi connectivity index (χ4n) is 4.25. The van der Waals surface area contributed by atoms with E-state index in [1.165, 1.54) is 5.03 Å². The Balaban J connectivity index is 1.66. The molecular weight excluding hydrogens is 318 g/mol. The number of aromatic nitrogens is 2. The molecule has 0 saturated heterocycles. The summed E-state index contributed by atoms with van der Waals surface area (Å²) in [6.07, 6.45) is 12.0. The van der Waals surface area contributed by atoms with Crippen LogP contribution in [-0.2, 0) is 17.6 Å². The number of rotatable bonds is 3. The van der Waals surface area contributed by atoms with Crippen molar-refractivity contribution in [2.45, 2.75) is 32.7 Å². The standard InChI is InChI=1S/C19H23N3OS/c1-4-13-14(21-11-20-13)9-12-10-24-18-16(17(12)23)19(2)8-6-5-7-15(19)22(18)3/h5-8,11-12,15H,4,9-10H2,1-3H3,(H,20,21). The van der Waals surface area contributed by atoms with Crippen LogP contribution in [0.5, 0.6) is 0 Å². The summed E-state index contributed by atoms with van der Waals surface area (Å²) in [7, 11) is 2.11. The highest BCUT2D eigenvalue weighted by Gasteiger charge is 2.52. The van der Waals surface area contributed by atoms with Gasteiger partial charge in [-0.2, -0.15) is 0 Å². The number of hydrogen-bond donors (Lipinski definition) is 1. The SMILES string of the molecule is CCc1nc[nH]c1CC1CSC2=C(C1=O)C1(C)C=CC=CC1N2C. The molecule has 24 heavy (non-hydrogen) atoms. The third-order valence-electron chi connectivity index (χ3n) is 5.58. The molecule has 1 N–H and O–H groups in total. The molecule has 1 aliphatic carbocycles. The summed E-state index contributed by atoms with van der Waals surface area (Å²) in [5.41, 5.74) is 3.01. The van der Waals surface area contributed by atoms with E-state index in [0.29, 0.717) is 5.78 Å². The Morgan fingerprint density at radius 3 is 3.08 bits per heavy atom. The van der Waals surface area contributed by atoms with Gasteiger partial charge in [0.1, 0.15) is 0 Å². The zero-order chi connectivity index (χ0) is 16.9. The van der Waals surface area contributed by atoms with Crippen molar-refractivity contribution >= 4 is 17.5 Å². The van der Waals surface area contributed by atoms with Gasteiger partial charge in [0.25, 0.3) is 0 Å². The topological polar surface area (TPSA) is 49.0 Å². The van der Waals surface area contributed by atoms with Crippen LogP contribution in [-0.4, -0.2) is 39.5 Å². The molecule has 4 rings (SSSR count). The molecule has 0 bridgehead atoms. The highest BCUT2D eigenvalue weighted by Crippen LogP contribution is 2.53. The number of H-pyrrole nitrogens is 1. The van der Waals surface area contributed by atoms with Crippen molar-refractivity contribution in [1.82, 2.24) is 14.9 Å². The molecule has 5 heteroatoms. The number of imidazole rings is 1. The number of Topliss-reactive ketones (excluding diaryl/α,β-unsaturated/α-hetero) is 1. The lowest BCUT2D eigenvalue weighted by Gasteiger charge is -2.34. The first kappa shape index (κ1) is 15.8. The number of ketones is 1. The summed E-state index contributed by atoms with van der Waals surface area (Å²) in [5, 5.41) is 1.17. The number of aryl methyl sites for hydroxylation is 1. The molecule has 0 aromatic carbocycles. The monoisotopic (exact) mass is 341 g/mol. The van der Waals surface area contributed by atoms with Crippen LogP contribution < -0.4 is 0 Å². The smallest absolute Gasteiger partial charge is 0.166 e. The minimum Gasteiger partial charge on any atom is -0.361 e. The van der Waals surface area contributed by atoms with Crippen LogP contribution in [0, 0.1) is 11.3 Å². The van der Waals surface area contributed by atoms with Gasteiger partial charge in [0.2, 0.25) is 0 Å². The lowest BCUT2D eigenvalue weighted by molar-refractivity contribution is -0.119. The Morgan fingerprint density at radius 2 is 2.29 bits per heavy atom. The van der Waals surface area contributed by atoms with E-state index >= 15 is 0 Å². The molecule has 1 aromatic rings. The normalized spacial score (nSPS) is 31.6. The lowest BCUT2D eigenvalue weighted by atomic mass is 9.72. The molecule has 4 nitrogen and oxygen atoms in total. The molecule has 126 valence electrons. The average Bonchev–Trinajstić information content (AvgIpc) is 3.11. The molecule has 3 unspecified atom stereocenters. The Bertz CT molecular complexity index is 775. The van der Waals surface area contributed by atoms with Crippen molar-refractivity contribution < 1.29 is 4.79 Å². The molecule has 0 fully saturated rings. The third kappa shape index (κ3) is 2.14. The third-order valence-corrected chi connectivity index (χ3v) is 6.92.